The fourth-order valence-corrected chi connectivity index (χ4v) is 6.78. The van der Waals surface area contributed by atoms with Crippen molar-refractivity contribution < 1.29 is 17.9 Å². The molecule has 0 N–H and O–H groups in total. The molecule has 1 fully saturated rings. The summed E-state index contributed by atoms with van der Waals surface area (Å²) in [6, 6.07) is 13.4. The number of benzene rings is 2. The monoisotopic (exact) mass is 491 g/mol. The highest BCUT2D eigenvalue weighted by Crippen LogP contribution is 2.35. The topological polar surface area (TPSA) is 63.7 Å². The minimum Gasteiger partial charge on any atom is -0.465 e. The maximum Gasteiger partial charge on any atom is 0.338 e. The Balaban J connectivity index is 2.14. The molecule has 2 aromatic rings. The lowest BCUT2D eigenvalue weighted by Crippen LogP contribution is -2.42. The van der Waals surface area contributed by atoms with E-state index in [0.29, 0.717) is 17.9 Å². The van der Waals surface area contributed by atoms with Crippen LogP contribution in [-0.2, 0) is 27.7 Å². The molecule has 1 aliphatic rings. The molecule has 0 radical (unpaired) electrons. The summed E-state index contributed by atoms with van der Waals surface area (Å²) in [5.74, 6) is -0.0816. The lowest BCUT2D eigenvalue weighted by molar-refractivity contribution is 0.0601. The van der Waals surface area contributed by atoms with Crippen molar-refractivity contribution >= 4 is 27.6 Å². The molecule has 0 saturated heterocycles. The van der Waals surface area contributed by atoms with Crippen LogP contribution in [0, 0.1) is 0 Å². The number of sulfonamides is 1. The van der Waals surface area contributed by atoms with Gasteiger partial charge >= 0.3 is 5.97 Å². The second kappa shape index (κ2) is 12.0. The van der Waals surface area contributed by atoms with Gasteiger partial charge in [0, 0.05) is 24.0 Å². The molecule has 0 unspecified atom stereocenters. The number of rotatable bonds is 10. The first-order valence-corrected chi connectivity index (χ1v) is 13.9. The highest BCUT2D eigenvalue weighted by atomic mass is 35.5. The Morgan fingerprint density at radius 2 is 1.76 bits per heavy atom. The summed E-state index contributed by atoms with van der Waals surface area (Å²) in [6.45, 7) is 2.30. The van der Waals surface area contributed by atoms with Gasteiger partial charge in [0.25, 0.3) is 0 Å². The van der Waals surface area contributed by atoms with E-state index in [0.717, 1.165) is 60.8 Å². The van der Waals surface area contributed by atoms with E-state index >= 15 is 0 Å². The molecule has 0 atom stereocenters. The third kappa shape index (κ3) is 6.17. The molecule has 0 spiro atoms. The van der Waals surface area contributed by atoms with Crippen LogP contribution >= 0.6 is 11.6 Å². The molecule has 33 heavy (non-hydrogen) atoms. The van der Waals surface area contributed by atoms with Crippen molar-refractivity contribution in [3.63, 3.8) is 0 Å². The number of hydrogen-bond acceptors (Lipinski definition) is 4. The Kier molecular flexibility index (Phi) is 9.36. The second-order valence-electron chi connectivity index (χ2n) is 8.54. The van der Waals surface area contributed by atoms with Gasteiger partial charge in [-0.25, -0.2) is 13.2 Å². The van der Waals surface area contributed by atoms with Crippen LogP contribution in [0.25, 0.3) is 11.1 Å². The largest absolute Gasteiger partial charge is 0.465 e. The summed E-state index contributed by atoms with van der Waals surface area (Å²) in [5, 5.41) is 0. The fourth-order valence-electron chi connectivity index (χ4n) is 4.75. The Labute approximate surface area is 203 Å². The fraction of sp³-hybridized carbons (Fsp3) is 0.500. The number of hydrogen-bond donors (Lipinski definition) is 0. The van der Waals surface area contributed by atoms with Crippen molar-refractivity contribution in [2.45, 2.75) is 64.5 Å². The van der Waals surface area contributed by atoms with Crippen molar-refractivity contribution in [2.75, 3.05) is 18.7 Å². The van der Waals surface area contributed by atoms with E-state index in [1.54, 1.807) is 10.4 Å². The molecule has 2 aromatic carbocycles. The Hall–Kier alpha value is -1.89. The second-order valence-corrected chi connectivity index (χ2v) is 11.0. The van der Waals surface area contributed by atoms with Crippen LogP contribution in [0.3, 0.4) is 0 Å². The summed E-state index contributed by atoms with van der Waals surface area (Å²) in [7, 11) is -2.13. The quantitative estimate of drug-likeness (QED) is 0.311. The summed E-state index contributed by atoms with van der Waals surface area (Å²) >= 11 is 5.83. The Bertz CT molecular complexity index is 1050. The SMILES string of the molecule is CCc1ccccc1-c1c(CN(C2CCCCC2)S(=O)(=O)CCCCl)cccc1C(=O)OC. The molecule has 1 saturated carbocycles. The first kappa shape index (κ1) is 25.7. The number of methoxy groups -OCH3 is 1. The molecular weight excluding hydrogens is 458 g/mol. The van der Waals surface area contributed by atoms with Gasteiger partial charge in [0.2, 0.25) is 10.0 Å². The van der Waals surface area contributed by atoms with Crippen LogP contribution in [0.5, 0.6) is 0 Å². The summed E-state index contributed by atoms with van der Waals surface area (Å²) in [4.78, 5) is 12.7. The van der Waals surface area contributed by atoms with Gasteiger partial charge in [-0.05, 0) is 48.4 Å². The summed E-state index contributed by atoms with van der Waals surface area (Å²) in [6.07, 6.45) is 6.13. The third-order valence-corrected chi connectivity index (χ3v) is 8.64. The molecule has 0 amide bonds. The van der Waals surface area contributed by atoms with E-state index in [1.165, 1.54) is 7.11 Å². The molecule has 180 valence electrons. The number of aryl methyl sites for hydroxylation is 1. The van der Waals surface area contributed by atoms with Gasteiger partial charge in [0.15, 0.2) is 0 Å². The minimum atomic E-state index is -3.50. The van der Waals surface area contributed by atoms with Crippen molar-refractivity contribution in [2.24, 2.45) is 0 Å². The molecule has 1 aliphatic carbocycles. The molecule has 0 aromatic heterocycles. The van der Waals surface area contributed by atoms with Gasteiger partial charge < -0.3 is 4.74 Å². The van der Waals surface area contributed by atoms with Crippen LogP contribution in [0.1, 0.15) is 66.9 Å². The van der Waals surface area contributed by atoms with Crippen LogP contribution in [0.4, 0.5) is 0 Å². The first-order valence-electron chi connectivity index (χ1n) is 11.8. The zero-order valence-electron chi connectivity index (χ0n) is 19.6. The van der Waals surface area contributed by atoms with Crippen LogP contribution < -0.4 is 0 Å². The summed E-state index contributed by atoms with van der Waals surface area (Å²) in [5.41, 5.74) is 4.08. The average Bonchev–Trinajstić information content (AvgIpc) is 2.85. The van der Waals surface area contributed by atoms with Crippen LogP contribution in [0.15, 0.2) is 42.5 Å². The predicted octanol–water partition coefficient (Wildman–Crippen LogP) is 5.80. The van der Waals surface area contributed by atoms with E-state index in [2.05, 4.69) is 6.92 Å². The Morgan fingerprint density at radius 3 is 2.42 bits per heavy atom. The zero-order valence-corrected chi connectivity index (χ0v) is 21.1. The maximum absolute atomic E-state index is 13.4. The Morgan fingerprint density at radius 1 is 1.06 bits per heavy atom. The zero-order chi connectivity index (χ0) is 23.8. The summed E-state index contributed by atoms with van der Waals surface area (Å²) < 4.78 is 33.6. The smallest absolute Gasteiger partial charge is 0.338 e. The number of carbonyl (C=O) groups excluding carboxylic acids is 1. The molecule has 0 bridgehead atoms. The molecular formula is C26H34ClNO4S. The molecule has 7 heteroatoms. The number of esters is 1. The lowest BCUT2D eigenvalue weighted by Gasteiger charge is -2.34. The normalized spacial score (nSPS) is 15.0. The molecule has 0 aliphatic heterocycles. The van der Waals surface area contributed by atoms with Gasteiger partial charge in [-0.1, -0.05) is 62.6 Å². The van der Waals surface area contributed by atoms with Crippen molar-refractivity contribution in [1.29, 1.82) is 0 Å². The van der Waals surface area contributed by atoms with E-state index in [9.17, 15) is 13.2 Å². The van der Waals surface area contributed by atoms with Gasteiger partial charge in [0.05, 0.1) is 18.4 Å². The highest BCUT2D eigenvalue weighted by molar-refractivity contribution is 7.89. The minimum absolute atomic E-state index is 0.0323. The first-order chi connectivity index (χ1) is 15.9. The highest BCUT2D eigenvalue weighted by Gasteiger charge is 2.32. The van der Waals surface area contributed by atoms with Crippen molar-refractivity contribution in [3.05, 3.63) is 59.2 Å². The van der Waals surface area contributed by atoms with E-state index in [4.69, 9.17) is 16.3 Å². The lowest BCUT2D eigenvalue weighted by atomic mass is 9.89. The van der Waals surface area contributed by atoms with Gasteiger partial charge in [-0.2, -0.15) is 4.31 Å². The van der Waals surface area contributed by atoms with Crippen LogP contribution in [0.2, 0.25) is 0 Å². The number of ether oxygens (including phenoxy) is 1. The standard InChI is InChI=1S/C26H34ClNO4S/c1-3-20-11-7-8-15-23(20)25-21(12-9-16-24(25)26(29)32-2)19-28(22-13-5-4-6-14-22)33(30,31)18-10-17-27/h7-9,11-12,15-16,22H,3-6,10,13-14,17-19H2,1-2H3. The van der Waals surface area contributed by atoms with Gasteiger partial charge in [0.1, 0.15) is 0 Å². The van der Waals surface area contributed by atoms with Gasteiger partial charge in [-0.15, -0.1) is 11.6 Å². The molecule has 3 rings (SSSR count). The van der Waals surface area contributed by atoms with Crippen molar-refractivity contribution in [3.8, 4) is 11.1 Å². The molecule has 5 nitrogen and oxygen atoms in total. The van der Waals surface area contributed by atoms with Gasteiger partial charge in [-0.3, -0.25) is 0 Å². The third-order valence-electron chi connectivity index (χ3n) is 6.43. The van der Waals surface area contributed by atoms with Crippen LogP contribution in [-0.4, -0.2) is 43.5 Å². The number of halogens is 1. The number of carbonyl (C=O) groups is 1. The number of alkyl halides is 1. The molecule has 0 heterocycles. The van der Waals surface area contributed by atoms with E-state index in [1.807, 2.05) is 36.4 Å². The van der Waals surface area contributed by atoms with E-state index in [-0.39, 0.29) is 18.3 Å². The maximum atomic E-state index is 13.4. The predicted molar refractivity (Wildman–Crippen MR) is 134 cm³/mol. The average molecular weight is 492 g/mol. The number of nitrogens with zero attached hydrogens (tertiary/aromatic N) is 1. The van der Waals surface area contributed by atoms with Crippen molar-refractivity contribution in [1.82, 2.24) is 4.31 Å². The van der Waals surface area contributed by atoms with E-state index < -0.39 is 16.0 Å².